The summed E-state index contributed by atoms with van der Waals surface area (Å²) in [6.07, 6.45) is 13.8. The second kappa shape index (κ2) is 11.6. The standard InChI is InChI=1S/C31H37F2N7O/c32-28-17-26(18-29(33)27(28)21-38-13-15-41-16-14-38)40-8-7-23-19-34-31(36-30(23)40)35-24-3-1-22(2-4-24)20-37-9-11-39(12-10-37)25-5-6-25/h1,3-4,7-8,17-19,22,25H,2,5-6,9-16,20-21H2,(H,34,35,36). The molecule has 0 spiro atoms. The van der Waals surface area contributed by atoms with E-state index >= 15 is 8.78 Å². The quantitative estimate of drug-likeness (QED) is 0.443. The van der Waals surface area contributed by atoms with E-state index in [9.17, 15) is 0 Å². The first-order chi connectivity index (χ1) is 20.1. The fourth-order valence-electron chi connectivity index (χ4n) is 6.15. The predicted octanol–water partition coefficient (Wildman–Crippen LogP) is 4.18. The van der Waals surface area contributed by atoms with Gasteiger partial charge in [-0.05, 0) is 49.5 Å². The van der Waals surface area contributed by atoms with Gasteiger partial charge >= 0.3 is 0 Å². The van der Waals surface area contributed by atoms with Crippen molar-refractivity contribution in [3.05, 3.63) is 71.7 Å². The highest BCUT2D eigenvalue weighted by molar-refractivity contribution is 5.78. The van der Waals surface area contributed by atoms with E-state index in [-0.39, 0.29) is 12.1 Å². The van der Waals surface area contributed by atoms with Crippen LogP contribution in [-0.4, -0.2) is 94.3 Å². The van der Waals surface area contributed by atoms with E-state index in [1.54, 1.807) is 17.0 Å². The Morgan fingerprint density at radius 1 is 0.976 bits per heavy atom. The second-order valence-corrected chi connectivity index (χ2v) is 11.6. The number of allylic oxidation sites excluding steroid dienone is 2. The Morgan fingerprint density at radius 2 is 1.76 bits per heavy atom. The molecule has 2 aromatic heterocycles. The zero-order valence-corrected chi connectivity index (χ0v) is 23.3. The molecule has 1 N–H and O–H groups in total. The average Bonchev–Trinajstić information content (AvgIpc) is 3.76. The lowest BCUT2D eigenvalue weighted by Crippen LogP contribution is -2.48. The monoisotopic (exact) mass is 561 g/mol. The fraction of sp³-hybridized carbons (Fsp3) is 0.484. The van der Waals surface area contributed by atoms with Crippen molar-refractivity contribution in [3.8, 4) is 5.69 Å². The smallest absolute Gasteiger partial charge is 0.229 e. The van der Waals surface area contributed by atoms with Crippen molar-refractivity contribution in [2.75, 3.05) is 64.3 Å². The Kier molecular flexibility index (Phi) is 7.55. The Morgan fingerprint density at radius 3 is 2.46 bits per heavy atom. The zero-order valence-electron chi connectivity index (χ0n) is 23.3. The van der Waals surface area contributed by atoms with Crippen LogP contribution in [-0.2, 0) is 11.3 Å². The molecule has 10 heteroatoms. The van der Waals surface area contributed by atoms with E-state index in [1.807, 2.05) is 11.0 Å². The highest BCUT2D eigenvalue weighted by atomic mass is 19.1. The first kappa shape index (κ1) is 26.7. The molecule has 3 aromatic rings. The lowest BCUT2D eigenvalue weighted by Gasteiger charge is -2.36. The molecule has 4 aliphatic rings. The van der Waals surface area contributed by atoms with Crippen LogP contribution in [0, 0.1) is 17.6 Å². The van der Waals surface area contributed by atoms with Crippen LogP contribution in [0.15, 0.2) is 54.5 Å². The van der Waals surface area contributed by atoms with Gasteiger partial charge in [-0.2, -0.15) is 4.98 Å². The lowest BCUT2D eigenvalue weighted by molar-refractivity contribution is 0.0332. The molecule has 1 saturated carbocycles. The van der Waals surface area contributed by atoms with E-state index in [0.717, 1.165) is 43.2 Å². The molecule has 41 heavy (non-hydrogen) atoms. The third kappa shape index (κ3) is 6.06. The van der Waals surface area contributed by atoms with E-state index < -0.39 is 11.6 Å². The van der Waals surface area contributed by atoms with Gasteiger partial charge in [0.2, 0.25) is 5.95 Å². The number of fused-ring (bicyclic) bond motifs is 1. The third-order valence-corrected chi connectivity index (χ3v) is 8.72. The van der Waals surface area contributed by atoms with Crippen LogP contribution in [0.4, 0.5) is 14.7 Å². The molecule has 1 aromatic carbocycles. The second-order valence-electron chi connectivity index (χ2n) is 11.6. The Balaban J connectivity index is 1.00. The molecule has 1 atom stereocenters. The molecule has 0 amide bonds. The summed E-state index contributed by atoms with van der Waals surface area (Å²) < 4.78 is 37.3. The van der Waals surface area contributed by atoms with Crippen molar-refractivity contribution in [1.82, 2.24) is 29.2 Å². The van der Waals surface area contributed by atoms with Gasteiger partial charge in [0.15, 0.2) is 0 Å². The number of halogens is 2. The van der Waals surface area contributed by atoms with Crippen LogP contribution in [0.2, 0.25) is 0 Å². The average molecular weight is 562 g/mol. The first-order valence-electron chi connectivity index (χ1n) is 14.8. The van der Waals surface area contributed by atoms with Crippen LogP contribution < -0.4 is 5.32 Å². The minimum Gasteiger partial charge on any atom is -0.379 e. The summed E-state index contributed by atoms with van der Waals surface area (Å²) in [7, 11) is 0. The molecule has 7 rings (SSSR count). The van der Waals surface area contributed by atoms with Crippen molar-refractivity contribution in [1.29, 1.82) is 0 Å². The van der Waals surface area contributed by atoms with Gasteiger partial charge in [0.05, 0.1) is 18.9 Å². The van der Waals surface area contributed by atoms with Crippen LogP contribution in [0.1, 0.15) is 24.8 Å². The molecule has 216 valence electrons. The number of piperazine rings is 1. The lowest BCUT2D eigenvalue weighted by atomic mass is 9.98. The molecular formula is C31H37F2N7O. The Bertz CT molecular complexity index is 1430. The summed E-state index contributed by atoms with van der Waals surface area (Å²) in [4.78, 5) is 16.4. The van der Waals surface area contributed by atoms with Gasteiger partial charge in [0, 0.05) is 87.4 Å². The predicted molar refractivity (Wildman–Crippen MR) is 155 cm³/mol. The van der Waals surface area contributed by atoms with E-state index in [4.69, 9.17) is 9.72 Å². The van der Waals surface area contributed by atoms with Gasteiger partial charge < -0.3 is 19.5 Å². The van der Waals surface area contributed by atoms with E-state index in [1.165, 1.54) is 38.1 Å². The molecule has 0 bridgehead atoms. The summed E-state index contributed by atoms with van der Waals surface area (Å²) in [5, 5.41) is 4.12. The molecule has 2 saturated heterocycles. The van der Waals surface area contributed by atoms with Gasteiger partial charge in [0.25, 0.3) is 0 Å². The highest BCUT2D eigenvalue weighted by Gasteiger charge is 2.31. The van der Waals surface area contributed by atoms with Gasteiger partial charge in [-0.1, -0.05) is 12.2 Å². The maximum Gasteiger partial charge on any atom is 0.229 e. The zero-order chi connectivity index (χ0) is 27.8. The summed E-state index contributed by atoms with van der Waals surface area (Å²) >= 11 is 0. The van der Waals surface area contributed by atoms with Gasteiger partial charge in [0.1, 0.15) is 17.3 Å². The van der Waals surface area contributed by atoms with Crippen molar-refractivity contribution < 1.29 is 13.5 Å². The Hall–Kier alpha value is -3.18. The number of aromatic nitrogens is 3. The number of morpholine rings is 1. The summed E-state index contributed by atoms with van der Waals surface area (Å²) in [6.45, 7) is 8.53. The number of anilines is 1. The number of nitrogens with zero attached hydrogens (tertiary/aromatic N) is 6. The Labute approximate surface area is 239 Å². The van der Waals surface area contributed by atoms with Crippen LogP contribution in [0.25, 0.3) is 16.7 Å². The topological polar surface area (TPSA) is 61.7 Å². The number of hydrogen-bond donors (Lipinski definition) is 1. The first-order valence-corrected chi connectivity index (χ1v) is 14.8. The number of ether oxygens (including phenoxy) is 1. The van der Waals surface area contributed by atoms with E-state index in [0.29, 0.717) is 49.5 Å². The summed E-state index contributed by atoms with van der Waals surface area (Å²) in [6, 6.07) is 5.48. The number of benzene rings is 1. The minimum atomic E-state index is -0.558. The van der Waals surface area contributed by atoms with Gasteiger partial charge in [-0.25, -0.2) is 13.8 Å². The molecular weight excluding hydrogens is 524 g/mol. The van der Waals surface area contributed by atoms with Crippen LogP contribution in [0.3, 0.4) is 0 Å². The number of rotatable bonds is 8. The number of nitrogens with one attached hydrogen (secondary N) is 1. The van der Waals surface area contributed by atoms with Gasteiger partial charge in [-0.15, -0.1) is 0 Å². The largest absolute Gasteiger partial charge is 0.379 e. The maximum atomic E-state index is 15.1. The normalized spacial score (nSPS) is 22.8. The van der Waals surface area contributed by atoms with Gasteiger partial charge in [-0.3, -0.25) is 9.80 Å². The number of hydrogen-bond acceptors (Lipinski definition) is 7. The van der Waals surface area contributed by atoms with Crippen molar-refractivity contribution in [2.24, 2.45) is 5.92 Å². The highest BCUT2D eigenvalue weighted by Crippen LogP contribution is 2.28. The molecule has 2 aliphatic heterocycles. The minimum absolute atomic E-state index is 0.0823. The molecule has 8 nitrogen and oxygen atoms in total. The fourth-order valence-corrected chi connectivity index (χ4v) is 6.15. The van der Waals surface area contributed by atoms with Crippen molar-refractivity contribution in [2.45, 2.75) is 31.8 Å². The van der Waals surface area contributed by atoms with Crippen molar-refractivity contribution in [3.63, 3.8) is 0 Å². The van der Waals surface area contributed by atoms with Crippen LogP contribution in [0.5, 0.6) is 0 Å². The SMILES string of the molecule is Fc1cc(-n2ccc3cnc(NC4=CCC(CN5CCN(C6CC6)CC5)C=C4)nc32)cc(F)c1CN1CCOCC1. The summed E-state index contributed by atoms with van der Waals surface area (Å²) in [5.74, 6) is -0.160. The van der Waals surface area contributed by atoms with Crippen LogP contribution >= 0.6 is 0 Å². The molecule has 1 unspecified atom stereocenters. The summed E-state index contributed by atoms with van der Waals surface area (Å²) in [5.41, 5.74) is 2.02. The maximum absolute atomic E-state index is 15.1. The van der Waals surface area contributed by atoms with E-state index in [2.05, 4.69) is 38.3 Å². The van der Waals surface area contributed by atoms with Crippen molar-refractivity contribution >= 4 is 17.0 Å². The molecule has 3 fully saturated rings. The molecule has 4 heterocycles. The molecule has 2 aliphatic carbocycles. The molecule has 0 radical (unpaired) electrons. The third-order valence-electron chi connectivity index (χ3n) is 8.72.